The van der Waals surface area contributed by atoms with Gasteiger partial charge in [-0.05, 0) is 31.2 Å². The Morgan fingerprint density at radius 1 is 1.31 bits per heavy atom. The summed E-state index contributed by atoms with van der Waals surface area (Å²) in [6, 6.07) is 5.28. The Labute approximate surface area is 196 Å². The molecule has 164 valence electrons. The topological polar surface area (TPSA) is 85.5 Å². The molecule has 0 N–H and O–H groups in total. The minimum Gasteiger partial charge on any atom is -0.378 e. The molecule has 0 aliphatic carbocycles. The smallest absolute Gasteiger partial charge is 0.293 e. The number of fused-ring (bicyclic) bond motifs is 3. The van der Waals surface area contributed by atoms with Gasteiger partial charge in [0.1, 0.15) is 11.7 Å². The Hall–Kier alpha value is -2.88. The van der Waals surface area contributed by atoms with Crippen LogP contribution < -0.4 is 0 Å². The molecular formula is C21H17Cl2FN6O2. The highest BCUT2D eigenvalue weighted by Crippen LogP contribution is 2.37. The molecule has 8 nitrogen and oxygen atoms in total. The third-order valence-corrected chi connectivity index (χ3v) is 6.15. The lowest BCUT2D eigenvalue weighted by Crippen LogP contribution is -2.54. The van der Waals surface area contributed by atoms with Crippen molar-refractivity contribution in [3.63, 3.8) is 0 Å². The second-order valence-corrected chi connectivity index (χ2v) is 8.18. The van der Waals surface area contributed by atoms with Gasteiger partial charge in [-0.2, -0.15) is 0 Å². The van der Waals surface area contributed by atoms with Crippen LogP contribution in [0.2, 0.25) is 10.0 Å². The summed E-state index contributed by atoms with van der Waals surface area (Å²) in [5.41, 5.74) is 0.890. The normalized spacial score (nSPS) is 19.6. The fourth-order valence-corrected chi connectivity index (χ4v) is 4.09. The van der Waals surface area contributed by atoms with Crippen LogP contribution in [0.3, 0.4) is 0 Å². The molecule has 0 radical (unpaired) electrons. The average Bonchev–Trinajstić information content (AvgIpc) is 3.17. The maximum absolute atomic E-state index is 14.7. The molecular weight excluding hydrogens is 458 g/mol. The number of rotatable bonds is 3. The molecule has 1 fully saturated rings. The van der Waals surface area contributed by atoms with Gasteiger partial charge in [0.25, 0.3) is 5.91 Å². The van der Waals surface area contributed by atoms with Crippen molar-refractivity contribution in [2.45, 2.75) is 19.1 Å². The molecule has 0 unspecified atom stereocenters. The van der Waals surface area contributed by atoms with Gasteiger partial charge in [0.15, 0.2) is 11.6 Å². The molecule has 5 rings (SSSR count). The molecule has 0 bridgehead atoms. The van der Waals surface area contributed by atoms with E-state index in [0.717, 1.165) is 0 Å². The highest BCUT2D eigenvalue weighted by molar-refractivity contribution is 6.45. The number of pyridine rings is 1. The van der Waals surface area contributed by atoms with Crippen LogP contribution in [0, 0.1) is 5.82 Å². The van der Waals surface area contributed by atoms with E-state index in [2.05, 4.69) is 20.1 Å². The molecule has 2 aliphatic heterocycles. The molecule has 11 heteroatoms. The van der Waals surface area contributed by atoms with E-state index in [1.54, 1.807) is 19.1 Å². The second kappa shape index (κ2) is 7.91. The van der Waals surface area contributed by atoms with E-state index in [0.29, 0.717) is 17.1 Å². The summed E-state index contributed by atoms with van der Waals surface area (Å²) in [5, 5.41) is 4.75. The van der Waals surface area contributed by atoms with Gasteiger partial charge in [0.05, 0.1) is 31.7 Å². The predicted octanol–water partition coefficient (Wildman–Crippen LogP) is 3.49. The van der Waals surface area contributed by atoms with E-state index < -0.39 is 30.9 Å². The quantitative estimate of drug-likeness (QED) is 0.576. The summed E-state index contributed by atoms with van der Waals surface area (Å²) in [7, 11) is -2.54. The van der Waals surface area contributed by atoms with Crippen molar-refractivity contribution >= 4 is 34.8 Å². The van der Waals surface area contributed by atoms with Gasteiger partial charge in [-0.15, -0.1) is 5.10 Å². The number of hydrogen-bond acceptors (Lipinski definition) is 6. The van der Waals surface area contributed by atoms with Crippen molar-refractivity contribution in [1.29, 1.82) is 0 Å². The molecule has 3 aromatic rings. The van der Waals surface area contributed by atoms with Crippen molar-refractivity contribution in [2.24, 2.45) is 4.99 Å². The Morgan fingerprint density at radius 3 is 2.88 bits per heavy atom. The van der Waals surface area contributed by atoms with E-state index in [1.807, 2.05) is 0 Å². The van der Waals surface area contributed by atoms with Crippen LogP contribution in [0.4, 0.5) is 4.39 Å². The zero-order valence-corrected chi connectivity index (χ0v) is 18.1. The third-order valence-electron chi connectivity index (χ3n) is 5.34. The number of likely N-dealkylation sites (tertiary alicyclic amines) is 1. The van der Waals surface area contributed by atoms with Crippen LogP contribution in [-0.2, 0) is 4.74 Å². The fraction of sp³-hybridized carbons (Fsp3) is 0.286. The number of nitrogens with zero attached hydrogens (tertiary/aromatic N) is 6. The Morgan fingerprint density at radius 2 is 2.12 bits per heavy atom. The molecule has 0 spiro atoms. The number of carbonyl (C=O) groups is 1. The number of aromatic nitrogens is 4. The average molecular weight is 478 g/mol. The number of halogens is 3. The highest BCUT2D eigenvalue weighted by atomic mass is 35.5. The first kappa shape index (κ1) is 17.6. The van der Waals surface area contributed by atoms with E-state index in [-0.39, 0.29) is 40.4 Å². The Bertz CT molecular complexity index is 1370. The number of aliphatic imine (C=N–C) groups is 1. The standard InChI is InChI=1S/C21H17Cl2FN6O2/c1-10-20-27-19(21(31)29-8-11(9-29)32-2)28-30(20)14-6-5-12(22)16(23)15(14)18(26-10)17-13(24)4-3-7-25-17/h3-7,10-11H,8-9H2,1-2H3/t10-/m0/s1/i2D3. The highest BCUT2D eigenvalue weighted by Gasteiger charge is 2.36. The number of amides is 1. The number of benzene rings is 1. The summed E-state index contributed by atoms with van der Waals surface area (Å²) < 4.78 is 42.6. The van der Waals surface area contributed by atoms with Crippen molar-refractivity contribution in [2.75, 3.05) is 20.1 Å². The molecule has 32 heavy (non-hydrogen) atoms. The third kappa shape index (κ3) is 3.28. The number of methoxy groups -OCH3 is 1. The lowest BCUT2D eigenvalue weighted by molar-refractivity contribution is -0.0197. The van der Waals surface area contributed by atoms with Gasteiger partial charge < -0.3 is 9.64 Å². The van der Waals surface area contributed by atoms with Gasteiger partial charge in [0, 0.05) is 31.9 Å². The van der Waals surface area contributed by atoms with Crippen LogP contribution >= 0.6 is 23.2 Å². The minimum absolute atomic E-state index is 0.00676. The fourth-order valence-electron chi connectivity index (χ4n) is 3.68. The van der Waals surface area contributed by atoms with Gasteiger partial charge >= 0.3 is 0 Å². The molecule has 2 aromatic heterocycles. The zero-order valence-electron chi connectivity index (χ0n) is 19.6. The van der Waals surface area contributed by atoms with Crippen molar-refractivity contribution in [3.8, 4) is 5.69 Å². The molecule has 1 saturated heterocycles. The molecule has 1 amide bonds. The summed E-state index contributed by atoms with van der Waals surface area (Å²) in [4.78, 5) is 27.5. The zero-order chi connectivity index (χ0) is 25.1. The van der Waals surface area contributed by atoms with Gasteiger partial charge in [-0.25, -0.2) is 14.1 Å². The lowest BCUT2D eigenvalue weighted by Gasteiger charge is -2.37. The van der Waals surface area contributed by atoms with Crippen LogP contribution in [0.25, 0.3) is 5.69 Å². The second-order valence-electron chi connectivity index (χ2n) is 7.40. The van der Waals surface area contributed by atoms with Crippen molar-refractivity contribution in [3.05, 3.63) is 69.2 Å². The van der Waals surface area contributed by atoms with Gasteiger partial charge in [-0.1, -0.05) is 23.2 Å². The van der Waals surface area contributed by atoms with Crippen LogP contribution in [0.1, 0.15) is 44.8 Å². The predicted molar refractivity (Wildman–Crippen MR) is 116 cm³/mol. The minimum atomic E-state index is -2.54. The monoisotopic (exact) mass is 477 g/mol. The van der Waals surface area contributed by atoms with E-state index in [4.69, 9.17) is 32.1 Å². The Kier molecular flexibility index (Phi) is 4.37. The number of hydrogen-bond donors (Lipinski definition) is 0. The van der Waals surface area contributed by atoms with Crippen molar-refractivity contribution in [1.82, 2.24) is 24.6 Å². The number of ether oxygens (including phenoxy) is 1. The molecule has 0 saturated carbocycles. The summed E-state index contributed by atoms with van der Waals surface area (Å²) >= 11 is 12.8. The lowest BCUT2D eigenvalue weighted by atomic mass is 10.0. The molecule has 1 aromatic carbocycles. The summed E-state index contributed by atoms with van der Waals surface area (Å²) in [6.45, 7) is 1.94. The summed E-state index contributed by atoms with van der Waals surface area (Å²) in [6.07, 6.45) is 0.853. The molecule has 2 aliphatic rings. The van der Waals surface area contributed by atoms with E-state index in [9.17, 15) is 9.18 Å². The van der Waals surface area contributed by atoms with E-state index in [1.165, 1.54) is 27.9 Å². The van der Waals surface area contributed by atoms with Crippen molar-refractivity contribution < 1.29 is 18.0 Å². The first-order valence-corrected chi connectivity index (χ1v) is 10.4. The molecule has 4 heterocycles. The summed E-state index contributed by atoms with van der Waals surface area (Å²) in [5.74, 6) is -0.839. The maximum Gasteiger partial charge on any atom is 0.293 e. The maximum atomic E-state index is 14.7. The largest absolute Gasteiger partial charge is 0.378 e. The Balaban J connectivity index is 1.55. The number of carbonyl (C=O) groups excluding carboxylic acids is 1. The van der Waals surface area contributed by atoms with Gasteiger partial charge in [-0.3, -0.25) is 14.8 Å². The SMILES string of the molecule is [2H]C([2H])([2H])OC1CN(C(=O)c2nc3n(n2)-c2ccc(Cl)c(Cl)c2C(c2ncccc2F)=N[C@H]3C)C1. The van der Waals surface area contributed by atoms with Crippen LogP contribution in [0.5, 0.6) is 0 Å². The van der Waals surface area contributed by atoms with Crippen LogP contribution in [-0.4, -0.2) is 62.5 Å². The molecule has 1 atom stereocenters. The first-order valence-electron chi connectivity index (χ1n) is 11.1. The van der Waals surface area contributed by atoms with Gasteiger partial charge in [0.2, 0.25) is 5.82 Å². The van der Waals surface area contributed by atoms with E-state index >= 15 is 0 Å². The first-order chi connectivity index (χ1) is 16.5. The van der Waals surface area contributed by atoms with Crippen LogP contribution in [0.15, 0.2) is 35.5 Å².